The van der Waals surface area contributed by atoms with Crippen molar-refractivity contribution in [2.45, 2.75) is 6.42 Å². The lowest BCUT2D eigenvalue weighted by Gasteiger charge is -2.11. The SMILES string of the molecule is O=C(c1cccc(F)c1)N1CCC(c2ccc(O)cc2)=N1. The van der Waals surface area contributed by atoms with Gasteiger partial charge in [-0.25, -0.2) is 9.40 Å². The average molecular weight is 284 g/mol. The summed E-state index contributed by atoms with van der Waals surface area (Å²) >= 11 is 0. The van der Waals surface area contributed by atoms with Crippen molar-refractivity contribution in [2.75, 3.05) is 6.54 Å². The molecule has 0 saturated heterocycles. The Bertz CT molecular complexity index is 710. The van der Waals surface area contributed by atoms with E-state index in [1.807, 2.05) is 0 Å². The van der Waals surface area contributed by atoms with Crippen LogP contribution in [0.4, 0.5) is 4.39 Å². The van der Waals surface area contributed by atoms with Crippen molar-refractivity contribution < 1.29 is 14.3 Å². The van der Waals surface area contributed by atoms with Crippen LogP contribution in [-0.2, 0) is 0 Å². The quantitative estimate of drug-likeness (QED) is 0.922. The van der Waals surface area contributed by atoms with Crippen molar-refractivity contribution in [3.05, 3.63) is 65.5 Å². The van der Waals surface area contributed by atoms with Crippen molar-refractivity contribution in [3.8, 4) is 5.75 Å². The van der Waals surface area contributed by atoms with Crippen LogP contribution in [-0.4, -0.2) is 28.3 Å². The summed E-state index contributed by atoms with van der Waals surface area (Å²) < 4.78 is 13.2. The van der Waals surface area contributed by atoms with Crippen molar-refractivity contribution >= 4 is 11.6 Å². The Balaban J connectivity index is 1.82. The number of benzene rings is 2. The maximum Gasteiger partial charge on any atom is 0.274 e. The number of phenolic OH excluding ortho intramolecular Hbond substituents is 1. The van der Waals surface area contributed by atoms with E-state index in [9.17, 15) is 14.3 Å². The number of carbonyl (C=O) groups excluding carboxylic acids is 1. The van der Waals surface area contributed by atoms with E-state index < -0.39 is 5.82 Å². The van der Waals surface area contributed by atoms with Crippen LogP contribution < -0.4 is 0 Å². The summed E-state index contributed by atoms with van der Waals surface area (Å²) in [5.41, 5.74) is 1.92. The van der Waals surface area contributed by atoms with Gasteiger partial charge in [-0.3, -0.25) is 4.79 Å². The molecule has 1 aliphatic rings. The number of halogens is 1. The Morgan fingerprint density at radius 2 is 1.95 bits per heavy atom. The molecule has 0 unspecified atom stereocenters. The van der Waals surface area contributed by atoms with Crippen molar-refractivity contribution in [3.63, 3.8) is 0 Å². The van der Waals surface area contributed by atoms with E-state index in [-0.39, 0.29) is 17.2 Å². The third-order valence-corrected chi connectivity index (χ3v) is 3.31. The zero-order valence-electron chi connectivity index (χ0n) is 11.2. The van der Waals surface area contributed by atoms with Gasteiger partial charge in [0, 0.05) is 12.0 Å². The Kier molecular flexibility index (Phi) is 3.39. The summed E-state index contributed by atoms with van der Waals surface area (Å²) in [7, 11) is 0. The second-order valence-electron chi connectivity index (χ2n) is 4.78. The topological polar surface area (TPSA) is 52.9 Å². The number of nitrogens with zero attached hydrogens (tertiary/aromatic N) is 2. The molecule has 0 aromatic heterocycles. The lowest BCUT2D eigenvalue weighted by Crippen LogP contribution is -2.23. The summed E-state index contributed by atoms with van der Waals surface area (Å²) in [6, 6.07) is 12.2. The fraction of sp³-hybridized carbons (Fsp3) is 0.125. The average Bonchev–Trinajstić information content (AvgIpc) is 2.97. The number of hydrazone groups is 1. The molecule has 1 heterocycles. The Morgan fingerprint density at radius 3 is 2.67 bits per heavy atom. The molecule has 2 aromatic carbocycles. The van der Waals surface area contributed by atoms with E-state index in [1.54, 1.807) is 30.3 Å². The maximum atomic E-state index is 13.2. The summed E-state index contributed by atoms with van der Waals surface area (Å²) in [4.78, 5) is 12.2. The predicted molar refractivity (Wildman–Crippen MR) is 76.7 cm³/mol. The van der Waals surface area contributed by atoms with Gasteiger partial charge in [0.05, 0.1) is 12.3 Å². The molecule has 1 N–H and O–H groups in total. The highest BCUT2D eigenvalue weighted by Gasteiger charge is 2.22. The molecule has 1 aliphatic heterocycles. The van der Waals surface area contributed by atoms with Gasteiger partial charge in [-0.2, -0.15) is 5.10 Å². The number of rotatable bonds is 2. The van der Waals surface area contributed by atoms with Gasteiger partial charge in [-0.1, -0.05) is 6.07 Å². The molecule has 0 radical (unpaired) electrons. The van der Waals surface area contributed by atoms with Gasteiger partial charge >= 0.3 is 0 Å². The molecule has 0 spiro atoms. The minimum absolute atomic E-state index is 0.185. The summed E-state index contributed by atoms with van der Waals surface area (Å²) in [5, 5.41) is 14.9. The van der Waals surface area contributed by atoms with Gasteiger partial charge in [-0.05, 0) is 48.0 Å². The molecular weight excluding hydrogens is 271 g/mol. The zero-order chi connectivity index (χ0) is 14.8. The van der Waals surface area contributed by atoms with E-state index in [1.165, 1.54) is 23.2 Å². The van der Waals surface area contributed by atoms with Crippen LogP contribution in [0.15, 0.2) is 53.6 Å². The monoisotopic (exact) mass is 284 g/mol. The van der Waals surface area contributed by atoms with Gasteiger partial charge in [0.1, 0.15) is 11.6 Å². The number of phenols is 1. The number of hydrogen-bond acceptors (Lipinski definition) is 3. The molecule has 5 heteroatoms. The summed E-state index contributed by atoms with van der Waals surface area (Å²) in [5.74, 6) is -0.573. The van der Waals surface area contributed by atoms with Gasteiger partial charge in [0.2, 0.25) is 0 Å². The van der Waals surface area contributed by atoms with Crippen LogP contribution >= 0.6 is 0 Å². The highest BCUT2D eigenvalue weighted by Crippen LogP contribution is 2.18. The number of amides is 1. The van der Waals surface area contributed by atoms with Crippen LogP contribution in [0.3, 0.4) is 0 Å². The number of aromatic hydroxyl groups is 1. The van der Waals surface area contributed by atoms with Crippen molar-refractivity contribution in [1.82, 2.24) is 5.01 Å². The smallest absolute Gasteiger partial charge is 0.274 e. The lowest BCUT2D eigenvalue weighted by atomic mass is 10.1. The fourth-order valence-electron chi connectivity index (χ4n) is 2.23. The molecule has 2 aromatic rings. The first-order valence-corrected chi connectivity index (χ1v) is 6.58. The molecule has 0 fully saturated rings. The minimum Gasteiger partial charge on any atom is -0.508 e. The second-order valence-corrected chi connectivity index (χ2v) is 4.78. The second kappa shape index (κ2) is 5.36. The predicted octanol–water partition coefficient (Wildman–Crippen LogP) is 2.78. The summed E-state index contributed by atoms with van der Waals surface area (Å²) in [6.07, 6.45) is 0.631. The van der Waals surface area contributed by atoms with E-state index in [2.05, 4.69) is 5.10 Å². The first-order valence-electron chi connectivity index (χ1n) is 6.58. The Morgan fingerprint density at radius 1 is 1.19 bits per heavy atom. The lowest BCUT2D eigenvalue weighted by molar-refractivity contribution is 0.0778. The van der Waals surface area contributed by atoms with E-state index in [4.69, 9.17) is 0 Å². The third kappa shape index (κ3) is 2.76. The summed E-state index contributed by atoms with van der Waals surface area (Å²) in [6.45, 7) is 0.464. The van der Waals surface area contributed by atoms with Crippen LogP contribution in [0.1, 0.15) is 22.3 Å². The molecule has 0 atom stereocenters. The van der Waals surface area contributed by atoms with Crippen LogP contribution in [0.25, 0.3) is 0 Å². The first kappa shape index (κ1) is 13.3. The van der Waals surface area contributed by atoms with Crippen LogP contribution in [0.2, 0.25) is 0 Å². The fourth-order valence-corrected chi connectivity index (χ4v) is 2.23. The zero-order valence-corrected chi connectivity index (χ0v) is 11.2. The van der Waals surface area contributed by atoms with Gasteiger partial charge < -0.3 is 5.11 Å². The van der Waals surface area contributed by atoms with Crippen LogP contribution in [0, 0.1) is 5.82 Å². The van der Waals surface area contributed by atoms with Gasteiger partial charge in [-0.15, -0.1) is 0 Å². The third-order valence-electron chi connectivity index (χ3n) is 3.31. The first-order chi connectivity index (χ1) is 10.1. The molecule has 0 aliphatic carbocycles. The van der Waals surface area contributed by atoms with Gasteiger partial charge in [0.15, 0.2) is 0 Å². The molecular formula is C16H13FN2O2. The standard InChI is InChI=1S/C16H13FN2O2/c17-13-3-1-2-12(10-13)16(21)19-9-8-15(18-19)11-4-6-14(20)7-5-11/h1-7,10,20H,8-9H2. The highest BCUT2D eigenvalue weighted by atomic mass is 19.1. The molecule has 3 rings (SSSR count). The van der Waals surface area contributed by atoms with Crippen molar-refractivity contribution in [2.24, 2.45) is 5.10 Å². The van der Waals surface area contributed by atoms with Gasteiger partial charge in [0.25, 0.3) is 5.91 Å². The highest BCUT2D eigenvalue weighted by molar-refractivity contribution is 6.04. The van der Waals surface area contributed by atoms with E-state index >= 15 is 0 Å². The molecule has 1 amide bonds. The molecule has 106 valence electrons. The van der Waals surface area contributed by atoms with E-state index in [0.29, 0.717) is 13.0 Å². The van der Waals surface area contributed by atoms with Crippen molar-refractivity contribution in [1.29, 1.82) is 0 Å². The maximum absolute atomic E-state index is 13.2. The Hall–Kier alpha value is -2.69. The molecule has 0 saturated carbocycles. The van der Waals surface area contributed by atoms with Crippen LogP contribution in [0.5, 0.6) is 5.75 Å². The minimum atomic E-state index is -0.442. The Labute approximate surface area is 121 Å². The van der Waals surface area contributed by atoms with E-state index in [0.717, 1.165) is 11.3 Å². The molecule has 0 bridgehead atoms. The largest absolute Gasteiger partial charge is 0.508 e. The number of hydrogen-bond donors (Lipinski definition) is 1. The molecule has 21 heavy (non-hydrogen) atoms. The molecule has 4 nitrogen and oxygen atoms in total. The normalized spacial score (nSPS) is 14.1. The number of carbonyl (C=O) groups is 1.